The number of nitrogens with zero attached hydrogens (tertiary/aromatic N) is 2. The SMILES string of the molecule is CCCCc1nc(-c2ccc(Oc3ccc(NC(CC)C4CCNCC4)cc3)cc2)cn1-c1ccc(Oc2ccc(Cl)cc2)cc1. The minimum Gasteiger partial charge on any atom is -0.457 e. The van der Waals surface area contributed by atoms with Crippen LogP contribution in [-0.2, 0) is 6.42 Å². The van der Waals surface area contributed by atoms with Crippen molar-refractivity contribution in [3.05, 3.63) is 114 Å². The molecule has 1 aromatic heterocycles. The van der Waals surface area contributed by atoms with E-state index in [-0.39, 0.29) is 0 Å². The van der Waals surface area contributed by atoms with Gasteiger partial charge in [0.05, 0.1) is 5.69 Å². The van der Waals surface area contributed by atoms with Gasteiger partial charge in [0, 0.05) is 40.6 Å². The van der Waals surface area contributed by atoms with Crippen molar-refractivity contribution >= 4 is 17.3 Å². The molecule has 1 aliphatic heterocycles. The van der Waals surface area contributed by atoms with E-state index >= 15 is 0 Å². The molecule has 0 radical (unpaired) electrons. The minimum atomic E-state index is 0.501. The molecule has 4 aromatic carbocycles. The molecule has 0 spiro atoms. The van der Waals surface area contributed by atoms with E-state index in [1.807, 2.05) is 60.7 Å². The lowest BCUT2D eigenvalue weighted by atomic mass is 9.88. The highest BCUT2D eigenvalue weighted by Crippen LogP contribution is 2.30. The Balaban J connectivity index is 1.12. The maximum Gasteiger partial charge on any atom is 0.127 e. The van der Waals surface area contributed by atoms with E-state index in [9.17, 15) is 0 Å². The van der Waals surface area contributed by atoms with Crippen molar-refractivity contribution in [1.82, 2.24) is 14.9 Å². The summed E-state index contributed by atoms with van der Waals surface area (Å²) >= 11 is 6.01. The number of anilines is 1. The molecule has 46 heavy (non-hydrogen) atoms. The van der Waals surface area contributed by atoms with Crippen LogP contribution in [0.4, 0.5) is 5.69 Å². The Morgan fingerprint density at radius 2 is 1.37 bits per heavy atom. The van der Waals surface area contributed by atoms with Gasteiger partial charge in [-0.05, 0) is 142 Å². The number of imidazole rings is 1. The number of ether oxygens (including phenoxy) is 2. The van der Waals surface area contributed by atoms with Crippen LogP contribution in [0.3, 0.4) is 0 Å². The first-order valence-electron chi connectivity index (χ1n) is 16.6. The predicted molar refractivity (Wildman–Crippen MR) is 189 cm³/mol. The highest BCUT2D eigenvalue weighted by atomic mass is 35.5. The zero-order valence-corrected chi connectivity index (χ0v) is 27.5. The Morgan fingerprint density at radius 1 is 0.804 bits per heavy atom. The van der Waals surface area contributed by atoms with Crippen LogP contribution in [0.15, 0.2) is 103 Å². The van der Waals surface area contributed by atoms with Gasteiger partial charge >= 0.3 is 0 Å². The molecular formula is C39H43ClN4O2. The smallest absolute Gasteiger partial charge is 0.127 e. The number of rotatable bonds is 13. The van der Waals surface area contributed by atoms with Crippen LogP contribution in [0.5, 0.6) is 23.0 Å². The lowest BCUT2D eigenvalue weighted by Crippen LogP contribution is -2.37. The van der Waals surface area contributed by atoms with Crippen LogP contribution in [0.25, 0.3) is 16.9 Å². The highest BCUT2D eigenvalue weighted by molar-refractivity contribution is 6.30. The molecule has 0 amide bonds. The van der Waals surface area contributed by atoms with Crippen molar-refractivity contribution in [3.63, 3.8) is 0 Å². The average Bonchev–Trinajstić information content (AvgIpc) is 3.53. The topological polar surface area (TPSA) is 60.3 Å². The van der Waals surface area contributed by atoms with Gasteiger partial charge in [0.2, 0.25) is 0 Å². The zero-order valence-electron chi connectivity index (χ0n) is 26.7. The number of unbranched alkanes of at least 4 members (excludes halogenated alkanes) is 1. The van der Waals surface area contributed by atoms with Crippen molar-refractivity contribution in [1.29, 1.82) is 0 Å². The van der Waals surface area contributed by atoms with Crippen LogP contribution >= 0.6 is 11.6 Å². The number of halogens is 1. The number of aromatic nitrogens is 2. The van der Waals surface area contributed by atoms with Crippen molar-refractivity contribution < 1.29 is 9.47 Å². The predicted octanol–water partition coefficient (Wildman–Crippen LogP) is 10.3. The monoisotopic (exact) mass is 634 g/mol. The second-order valence-corrected chi connectivity index (χ2v) is 12.4. The maximum absolute atomic E-state index is 6.20. The molecule has 2 heterocycles. The number of hydrogen-bond acceptors (Lipinski definition) is 5. The summed E-state index contributed by atoms with van der Waals surface area (Å²) in [5, 5.41) is 7.92. The molecule has 7 heteroatoms. The first-order chi connectivity index (χ1) is 22.6. The van der Waals surface area contributed by atoms with Crippen molar-refractivity contribution in [2.75, 3.05) is 18.4 Å². The molecule has 2 N–H and O–H groups in total. The van der Waals surface area contributed by atoms with Gasteiger partial charge in [-0.25, -0.2) is 4.98 Å². The third kappa shape index (κ3) is 8.11. The summed E-state index contributed by atoms with van der Waals surface area (Å²) in [6.07, 6.45) is 8.80. The third-order valence-electron chi connectivity index (χ3n) is 8.68. The number of benzene rings is 4. The van der Waals surface area contributed by atoms with Gasteiger partial charge in [0.15, 0.2) is 0 Å². The molecule has 6 rings (SSSR count). The summed E-state index contributed by atoms with van der Waals surface area (Å²) in [6, 6.07) is 32.5. The van der Waals surface area contributed by atoms with E-state index in [4.69, 9.17) is 26.1 Å². The normalized spacial score (nSPS) is 14.2. The van der Waals surface area contributed by atoms with Gasteiger partial charge in [-0.1, -0.05) is 31.9 Å². The van der Waals surface area contributed by atoms with Crippen LogP contribution in [0.1, 0.15) is 51.8 Å². The minimum absolute atomic E-state index is 0.501. The summed E-state index contributed by atoms with van der Waals surface area (Å²) < 4.78 is 14.4. The van der Waals surface area contributed by atoms with Gasteiger partial charge in [-0.3, -0.25) is 0 Å². The van der Waals surface area contributed by atoms with Crippen LogP contribution in [0, 0.1) is 5.92 Å². The Labute approximate surface area is 277 Å². The molecule has 1 atom stereocenters. The van der Waals surface area contributed by atoms with E-state index in [1.165, 1.54) is 12.8 Å². The second kappa shape index (κ2) is 15.4. The lowest BCUT2D eigenvalue weighted by Gasteiger charge is -2.31. The lowest BCUT2D eigenvalue weighted by molar-refractivity contribution is 0.326. The first-order valence-corrected chi connectivity index (χ1v) is 16.9. The summed E-state index contributed by atoms with van der Waals surface area (Å²) in [5.74, 6) is 4.90. The van der Waals surface area contributed by atoms with E-state index < -0.39 is 0 Å². The van der Waals surface area contributed by atoms with Crippen molar-refractivity contribution in [2.24, 2.45) is 5.92 Å². The quantitative estimate of drug-likeness (QED) is 0.135. The third-order valence-corrected chi connectivity index (χ3v) is 8.93. The summed E-state index contributed by atoms with van der Waals surface area (Å²) in [4.78, 5) is 5.05. The Kier molecular flexibility index (Phi) is 10.6. The summed E-state index contributed by atoms with van der Waals surface area (Å²) in [5.41, 5.74) is 4.18. The fourth-order valence-electron chi connectivity index (χ4n) is 6.07. The molecule has 1 aliphatic rings. The van der Waals surface area contributed by atoms with E-state index in [1.54, 1.807) is 0 Å². The summed E-state index contributed by atoms with van der Waals surface area (Å²) in [6.45, 7) is 6.71. The highest BCUT2D eigenvalue weighted by Gasteiger charge is 2.22. The molecular weight excluding hydrogens is 592 g/mol. The molecule has 1 unspecified atom stereocenters. The molecule has 5 aromatic rings. The fraction of sp³-hybridized carbons (Fsp3) is 0.308. The van der Waals surface area contributed by atoms with Crippen molar-refractivity contribution in [3.8, 4) is 39.9 Å². The largest absolute Gasteiger partial charge is 0.457 e. The van der Waals surface area contributed by atoms with Crippen LogP contribution in [-0.4, -0.2) is 28.7 Å². The van der Waals surface area contributed by atoms with Gasteiger partial charge in [0.1, 0.15) is 28.8 Å². The van der Waals surface area contributed by atoms with E-state index in [2.05, 4.69) is 71.6 Å². The number of nitrogens with one attached hydrogen (secondary N) is 2. The standard InChI is InChI=1S/C39H43ClN4O2/c1-3-5-6-39-43-38(27-44(39)32-13-21-36(22-14-32)46-34-17-9-30(40)10-18-34)28-7-15-33(16-8-28)45-35-19-11-31(12-20-35)42-37(4-2)29-23-25-41-26-24-29/h7-22,27,29,37,41-42H,3-6,23-26H2,1-2H3. The Bertz CT molecular complexity index is 1660. The van der Waals surface area contributed by atoms with Gasteiger partial charge in [0.25, 0.3) is 0 Å². The van der Waals surface area contributed by atoms with Crippen molar-refractivity contribution in [2.45, 2.75) is 58.4 Å². The first kappa shape index (κ1) is 31.7. The molecule has 1 fully saturated rings. The van der Waals surface area contributed by atoms with Crippen LogP contribution in [0.2, 0.25) is 5.02 Å². The van der Waals surface area contributed by atoms with Gasteiger partial charge < -0.3 is 24.7 Å². The fourth-order valence-corrected chi connectivity index (χ4v) is 6.19. The number of hydrogen-bond donors (Lipinski definition) is 2. The number of aryl methyl sites for hydroxylation is 1. The molecule has 6 nitrogen and oxygen atoms in total. The Hall–Kier alpha value is -4.26. The molecule has 0 aliphatic carbocycles. The average molecular weight is 635 g/mol. The molecule has 1 saturated heterocycles. The zero-order chi connectivity index (χ0) is 31.7. The summed E-state index contributed by atoms with van der Waals surface area (Å²) in [7, 11) is 0. The molecule has 0 bridgehead atoms. The molecule has 238 valence electrons. The van der Waals surface area contributed by atoms with Crippen LogP contribution < -0.4 is 20.1 Å². The van der Waals surface area contributed by atoms with E-state index in [0.29, 0.717) is 11.1 Å². The van der Waals surface area contributed by atoms with Gasteiger partial charge in [-0.2, -0.15) is 0 Å². The Morgan fingerprint density at radius 3 is 1.96 bits per heavy atom. The number of piperidine rings is 1. The van der Waals surface area contributed by atoms with E-state index in [0.717, 1.165) is 96.1 Å². The maximum atomic E-state index is 6.20. The van der Waals surface area contributed by atoms with Gasteiger partial charge in [-0.15, -0.1) is 0 Å². The molecule has 0 saturated carbocycles. The second-order valence-electron chi connectivity index (χ2n) is 12.0.